The molecule has 0 bridgehead atoms. The van der Waals surface area contributed by atoms with Gasteiger partial charge >= 0.3 is 0 Å². The lowest BCUT2D eigenvalue weighted by molar-refractivity contribution is 0.238. The molecule has 2 N–H and O–H groups in total. The van der Waals surface area contributed by atoms with Crippen LogP contribution in [-0.2, 0) is 6.54 Å². The van der Waals surface area contributed by atoms with E-state index in [1.807, 2.05) is 6.07 Å². The molecule has 1 aromatic rings. The first-order valence-corrected chi connectivity index (χ1v) is 7.51. The average molecular weight is 281 g/mol. The third-order valence-corrected chi connectivity index (χ3v) is 4.32. The first-order valence-electron chi connectivity index (χ1n) is 7.14. The highest BCUT2D eigenvalue weighted by molar-refractivity contribution is 6.30. The summed E-state index contributed by atoms with van der Waals surface area (Å²) in [6.45, 7) is 3.17. The van der Waals surface area contributed by atoms with Gasteiger partial charge in [-0.1, -0.05) is 11.6 Å². The van der Waals surface area contributed by atoms with Gasteiger partial charge in [0.2, 0.25) is 0 Å². The summed E-state index contributed by atoms with van der Waals surface area (Å²) in [4.78, 5) is 2.38. The highest BCUT2D eigenvalue weighted by atomic mass is 35.5. The number of rotatable bonds is 5. The van der Waals surface area contributed by atoms with Crippen molar-refractivity contribution in [2.75, 3.05) is 24.6 Å². The summed E-state index contributed by atoms with van der Waals surface area (Å²) in [6.07, 6.45) is 3.67. The van der Waals surface area contributed by atoms with Crippen LogP contribution in [0.2, 0.25) is 5.02 Å². The molecule has 1 atom stereocenters. The van der Waals surface area contributed by atoms with E-state index in [0.29, 0.717) is 18.6 Å². The maximum atomic E-state index is 9.27. The molecule has 1 aromatic carbocycles. The molecule has 1 aliphatic heterocycles. The zero-order chi connectivity index (χ0) is 13.2. The summed E-state index contributed by atoms with van der Waals surface area (Å²) >= 11 is 6.12. The highest BCUT2D eigenvalue weighted by Gasteiger charge is 2.25. The van der Waals surface area contributed by atoms with E-state index in [1.54, 1.807) is 0 Å². The summed E-state index contributed by atoms with van der Waals surface area (Å²) in [5, 5.41) is 13.6. The Morgan fingerprint density at radius 1 is 1.32 bits per heavy atom. The smallest absolute Gasteiger partial charge is 0.0476 e. The van der Waals surface area contributed by atoms with Gasteiger partial charge in [-0.2, -0.15) is 0 Å². The number of aliphatic hydroxyl groups excluding tert-OH is 1. The molecule has 2 aliphatic rings. The van der Waals surface area contributed by atoms with E-state index in [0.717, 1.165) is 31.1 Å². The van der Waals surface area contributed by atoms with Gasteiger partial charge in [-0.25, -0.2) is 0 Å². The number of aliphatic hydroxyl groups is 1. The minimum Gasteiger partial charge on any atom is -0.396 e. The molecule has 2 fully saturated rings. The highest BCUT2D eigenvalue weighted by Crippen LogP contribution is 2.30. The molecule has 1 heterocycles. The Morgan fingerprint density at radius 3 is 2.84 bits per heavy atom. The molecule has 104 valence electrons. The minimum atomic E-state index is 0.291. The Labute approximate surface area is 119 Å². The molecule has 3 nitrogen and oxygen atoms in total. The zero-order valence-corrected chi connectivity index (χ0v) is 11.9. The second-order valence-electron chi connectivity index (χ2n) is 5.71. The fraction of sp³-hybridized carbons (Fsp3) is 0.600. The fourth-order valence-corrected chi connectivity index (χ4v) is 2.94. The lowest BCUT2D eigenvalue weighted by atomic mass is 10.1. The number of hydrogen-bond acceptors (Lipinski definition) is 3. The van der Waals surface area contributed by atoms with Gasteiger partial charge in [0.15, 0.2) is 0 Å². The van der Waals surface area contributed by atoms with Crippen molar-refractivity contribution in [3.05, 3.63) is 28.8 Å². The number of nitrogens with zero attached hydrogens (tertiary/aromatic N) is 1. The summed E-state index contributed by atoms with van der Waals surface area (Å²) in [7, 11) is 0. The van der Waals surface area contributed by atoms with Crippen molar-refractivity contribution in [2.24, 2.45) is 5.92 Å². The second kappa shape index (κ2) is 5.70. The number of benzene rings is 1. The molecule has 0 spiro atoms. The Balaban J connectivity index is 1.74. The average Bonchev–Trinajstić information content (AvgIpc) is 3.13. The largest absolute Gasteiger partial charge is 0.396 e. The lowest BCUT2D eigenvalue weighted by Gasteiger charge is -2.22. The molecular weight excluding hydrogens is 260 g/mol. The van der Waals surface area contributed by atoms with Crippen LogP contribution in [0.1, 0.15) is 24.8 Å². The van der Waals surface area contributed by atoms with Crippen LogP contribution in [0.25, 0.3) is 0 Å². The minimum absolute atomic E-state index is 0.291. The van der Waals surface area contributed by atoms with Gasteiger partial charge in [0.05, 0.1) is 0 Å². The predicted octanol–water partition coefficient (Wildman–Crippen LogP) is 2.41. The lowest BCUT2D eigenvalue weighted by Crippen LogP contribution is -2.24. The normalized spacial score (nSPS) is 23.1. The molecule has 1 aliphatic carbocycles. The standard InChI is InChI=1S/C15H21ClN2O/c16-13-1-4-15(18-6-5-11(9-18)10-19)12(7-13)8-17-14-2-3-14/h1,4,7,11,14,17,19H,2-3,5-6,8-10H2. The van der Waals surface area contributed by atoms with Gasteiger partial charge in [0.1, 0.15) is 0 Å². The molecule has 19 heavy (non-hydrogen) atoms. The van der Waals surface area contributed by atoms with Crippen LogP contribution < -0.4 is 10.2 Å². The summed E-state index contributed by atoms with van der Waals surface area (Å²) in [6, 6.07) is 6.85. The van der Waals surface area contributed by atoms with Crippen molar-refractivity contribution in [3.63, 3.8) is 0 Å². The molecule has 0 aromatic heterocycles. The Hall–Kier alpha value is -0.770. The fourth-order valence-electron chi connectivity index (χ4n) is 2.75. The summed E-state index contributed by atoms with van der Waals surface area (Å²) in [5.41, 5.74) is 2.55. The monoisotopic (exact) mass is 280 g/mol. The SMILES string of the molecule is OCC1CCN(c2ccc(Cl)cc2CNC2CC2)C1. The molecule has 0 radical (unpaired) electrons. The van der Waals surface area contributed by atoms with Crippen molar-refractivity contribution in [1.29, 1.82) is 0 Å². The molecular formula is C15H21ClN2O. The van der Waals surface area contributed by atoms with Crippen LogP contribution in [0.4, 0.5) is 5.69 Å². The van der Waals surface area contributed by atoms with Crippen molar-refractivity contribution in [2.45, 2.75) is 31.8 Å². The van der Waals surface area contributed by atoms with Crippen LogP contribution >= 0.6 is 11.6 Å². The number of anilines is 1. The zero-order valence-electron chi connectivity index (χ0n) is 11.1. The van der Waals surface area contributed by atoms with Crippen LogP contribution in [0.3, 0.4) is 0 Å². The first kappa shape index (κ1) is 13.2. The van der Waals surface area contributed by atoms with Crippen LogP contribution in [0.5, 0.6) is 0 Å². The van der Waals surface area contributed by atoms with Gasteiger partial charge in [-0.15, -0.1) is 0 Å². The summed E-state index contributed by atoms with van der Waals surface area (Å²) < 4.78 is 0. The van der Waals surface area contributed by atoms with Crippen molar-refractivity contribution in [1.82, 2.24) is 5.32 Å². The molecule has 0 amide bonds. The Morgan fingerprint density at radius 2 is 2.16 bits per heavy atom. The molecule has 3 rings (SSSR count). The number of nitrogens with one attached hydrogen (secondary N) is 1. The van der Waals surface area contributed by atoms with Crippen molar-refractivity contribution >= 4 is 17.3 Å². The van der Waals surface area contributed by atoms with E-state index in [9.17, 15) is 5.11 Å². The third-order valence-electron chi connectivity index (χ3n) is 4.08. The Kier molecular flexibility index (Phi) is 3.96. The van der Waals surface area contributed by atoms with E-state index < -0.39 is 0 Å². The van der Waals surface area contributed by atoms with Gasteiger partial charge < -0.3 is 15.3 Å². The maximum absolute atomic E-state index is 9.27. The molecule has 1 unspecified atom stereocenters. The second-order valence-corrected chi connectivity index (χ2v) is 6.15. The van der Waals surface area contributed by atoms with Gasteiger partial charge in [0.25, 0.3) is 0 Å². The predicted molar refractivity (Wildman–Crippen MR) is 78.7 cm³/mol. The number of halogens is 1. The van der Waals surface area contributed by atoms with Crippen LogP contribution in [0, 0.1) is 5.92 Å². The third kappa shape index (κ3) is 3.22. The van der Waals surface area contributed by atoms with Crippen LogP contribution in [0.15, 0.2) is 18.2 Å². The van der Waals surface area contributed by atoms with Gasteiger partial charge in [-0.05, 0) is 43.0 Å². The van der Waals surface area contributed by atoms with E-state index in [1.165, 1.54) is 24.1 Å². The van der Waals surface area contributed by atoms with E-state index >= 15 is 0 Å². The quantitative estimate of drug-likeness (QED) is 0.869. The van der Waals surface area contributed by atoms with Crippen molar-refractivity contribution in [3.8, 4) is 0 Å². The molecule has 4 heteroatoms. The first-order chi connectivity index (χ1) is 9.26. The van der Waals surface area contributed by atoms with Crippen molar-refractivity contribution < 1.29 is 5.11 Å². The molecule has 1 saturated heterocycles. The topological polar surface area (TPSA) is 35.5 Å². The van der Waals surface area contributed by atoms with E-state index in [-0.39, 0.29) is 0 Å². The van der Waals surface area contributed by atoms with Gasteiger partial charge in [0, 0.05) is 48.9 Å². The maximum Gasteiger partial charge on any atom is 0.0476 e. The summed E-state index contributed by atoms with van der Waals surface area (Å²) in [5.74, 6) is 0.417. The molecule has 1 saturated carbocycles. The van der Waals surface area contributed by atoms with E-state index in [2.05, 4.69) is 22.3 Å². The Bertz CT molecular complexity index is 448. The van der Waals surface area contributed by atoms with E-state index in [4.69, 9.17) is 11.6 Å². The van der Waals surface area contributed by atoms with Gasteiger partial charge in [-0.3, -0.25) is 0 Å². The van der Waals surface area contributed by atoms with Crippen LogP contribution in [-0.4, -0.2) is 30.8 Å². The number of hydrogen-bond donors (Lipinski definition) is 2.